The van der Waals surface area contributed by atoms with Crippen molar-refractivity contribution in [1.29, 1.82) is 0 Å². The van der Waals surface area contributed by atoms with Crippen molar-refractivity contribution in [3.05, 3.63) is 82.0 Å². The summed E-state index contributed by atoms with van der Waals surface area (Å²) in [5.74, 6) is -1.03. The first-order chi connectivity index (χ1) is 15.4. The zero-order chi connectivity index (χ0) is 22.7. The van der Waals surface area contributed by atoms with Gasteiger partial charge in [-0.3, -0.25) is 4.79 Å². The van der Waals surface area contributed by atoms with Crippen LogP contribution in [0.15, 0.2) is 70.9 Å². The van der Waals surface area contributed by atoms with Crippen molar-refractivity contribution in [3.8, 4) is 5.75 Å². The number of nitrogens with zero attached hydrogens (tertiary/aromatic N) is 1. The van der Waals surface area contributed by atoms with Crippen LogP contribution in [0.1, 0.15) is 28.3 Å². The van der Waals surface area contributed by atoms with Crippen LogP contribution in [-0.4, -0.2) is 43.5 Å². The fourth-order valence-electron chi connectivity index (χ4n) is 4.33. The molecule has 6 nitrogen and oxygen atoms in total. The quantitative estimate of drug-likeness (QED) is 0.559. The molecule has 2 heterocycles. The van der Waals surface area contributed by atoms with E-state index in [1.54, 1.807) is 23.5 Å². The number of methoxy groups -OCH3 is 1. The monoisotopic (exact) mass is 471 g/mol. The van der Waals surface area contributed by atoms with Crippen LogP contribution < -0.4 is 4.74 Å². The van der Waals surface area contributed by atoms with E-state index < -0.39 is 28.0 Å². The fraction of sp³-hybridized carbons (Fsp3) is 0.292. The molecule has 0 aliphatic carbocycles. The Kier molecular flexibility index (Phi) is 6.64. The largest absolute Gasteiger partial charge is 0.497 e. The van der Waals surface area contributed by atoms with Gasteiger partial charge in [0.25, 0.3) is 0 Å². The Morgan fingerprint density at radius 2 is 1.84 bits per heavy atom. The molecule has 2 aromatic carbocycles. The summed E-state index contributed by atoms with van der Waals surface area (Å²) < 4.78 is 33.5. The van der Waals surface area contributed by atoms with Gasteiger partial charge in [-0.05, 0) is 66.1 Å². The van der Waals surface area contributed by atoms with Crippen molar-refractivity contribution >= 4 is 27.3 Å². The topological polar surface area (TPSA) is 83.9 Å². The Bertz CT molecular complexity index is 1170. The van der Waals surface area contributed by atoms with Crippen LogP contribution in [0.3, 0.4) is 0 Å². The predicted octanol–water partition coefficient (Wildman–Crippen LogP) is 4.17. The van der Waals surface area contributed by atoms with Crippen LogP contribution in [0.2, 0.25) is 0 Å². The van der Waals surface area contributed by atoms with Crippen LogP contribution in [0, 0.1) is 0 Å². The number of fused-ring (bicyclic) bond motifs is 1. The van der Waals surface area contributed by atoms with Gasteiger partial charge < -0.3 is 9.84 Å². The second-order valence-electron chi connectivity index (χ2n) is 7.75. The second-order valence-corrected chi connectivity index (χ2v) is 10.6. The van der Waals surface area contributed by atoms with E-state index in [0.717, 1.165) is 16.0 Å². The van der Waals surface area contributed by atoms with E-state index in [2.05, 4.69) is 0 Å². The summed E-state index contributed by atoms with van der Waals surface area (Å²) in [5, 5.41) is 12.2. The fourth-order valence-corrected chi connectivity index (χ4v) is 6.90. The van der Waals surface area contributed by atoms with Gasteiger partial charge >= 0.3 is 5.97 Å². The molecule has 1 aromatic heterocycles. The van der Waals surface area contributed by atoms with E-state index in [-0.39, 0.29) is 11.4 Å². The van der Waals surface area contributed by atoms with Crippen LogP contribution in [-0.2, 0) is 27.7 Å². The number of hydrogen-bond donors (Lipinski definition) is 1. The second kappa shape index (κ2) is 9.44. The van der Waals surface area contributed by atoms with Gasteiger partial charge in [-0.2, -0.15) is 4.31 Å². The van der Waals surface area contributed by atoms with Crippen molar-refractivity contribution in [3.63, 3.8) is 0 Å². The number of sulfonamides is 1. The van der Waals surface area contributed by atoms with E-state index >= 15 is 0 Å². The lowest BCUT2D eigenvalue weighted by Crippen LogP contribution is -2.48. The lowest BCUT2D eigenvalue weighted by atomic mass is 9.87. The minimum atomic E-state index is -4.01. The summed E-state index contributed by atoms with van der Waals surface area (Å²) in [4.78, 5) is 13.7. The smallest absolute Gasteiger partial charge is 0.322 e. The standard InChI is InChI=1S/C24H25NO5S2/c1-30-18-8-10-19(11-9-18)32(28,29)25-15-13-22-20(14-16-31-22)21(23(25)24(26)27)12-7-17-5-3-2-4-6-17/h2-6,8-11,14,16,21,23H,7,12-13,15H2,1H3,(H,26,27)/t21-,23-/m0/s1. The molecule has 0 unspecified atom stereocenters. The maximum absolute atomic E-state index is 13.6. The summed E-state index contributed by atoms with van der Waals surface area (Å²) in [6.45, 7) is 0.126. The summed E-state index contributed by atoms with van der Waals surface area (Å²) in [7, 11) is -2.51. The molecule has 0 saturated heterocycles. The van der Waals surface area contributed by atoms with Crippen molar-refractivity contribution in [2.24, 2.45) is 0 Å². The molecule has 1 aliphatic heterocycles. The van der Waals surface area contributed by atoms with Crippen LogP contribution in [0.25, 0.3) is 0 Å². The number of benzene rings is 2. The van der Waals surface area contributed by atoms with Crippen molar-refractivity contribution in [2.45, 2.75) is 36.1 Å². The zero-order valence-electron chi connectivity index (χ0n) is 17.7. The third kappa shape index (κ3) is 4.44. The lowest BCUT2D eigenvalue weighted by molar-refractivity contribution is -0.142. The molecule has 0 spiro atoms. The van der Waals surface area contributed by atoms with Gasteiger partial charge in [-0.25, -0.2) is 8.42 Å². The molecular formula is C24H25NO5S2. The summed E-state index contributed by atoms with van der Waals surface area (Å²) >= 11 is 1.56. The van der Waals surface area contributed by atoms with E-state index in [1.165, 1.54) is 23.5 Å². The molecule has 0 saturated carbocycles. The molecule has 168 valence electrons. The SMILES string of the molecule is COc1ccc(S(=O)(=O)N2CCc3sccc3[C@H](CCc3ccccc3)[C@H]2C(=O)O)cc1. The highest BCUT2D eigenvalue weighted by molar-refractivity contribution is 7.89. The number of rotatable bonds is 7. The molecule has 0 bridgehead atoms. The Labute approximate surface area is 192 Å². The number of hydrogen-bond acceptors (Lipinski definition) is 5. The average molecular weight is 472 g/mol. The number of carboxylic acids is 1. The molecule has 3 aromatic rings. The van der Waals surface area contributed by atoms with Gasteiger partial charge in [0.05, 0.1) is 12.0 Å². The van der Waals surface area contributed by atoms with Gasteiger partial charge in [0, 0.05) is 17.3 Å². The highest BCUT2D eigenvalue weighted by Crippen LogP contribution is 2.39. The average Bonchev–Trinajstić information content (AvgIpc) is 3.20. The number of aryl methyl sites for hydroxylation is 1. The third-order valence-electron chi connectivity index (χ3n) is 5.94. The van der Waals surface area contributed by atoms with Crippen LogP contribution >= 0.6 is 11.3 Å². The molecule has 2 atom stereocenters. The molecule has 4 rings (SSSR count). The van der Waals surface area contributed by atoms with E-state index in [1.807, 2.05) is 41.8 Å². The summed E-state index contributed by atoms with van der Waals surface area (Å²) in [5.41, 5.74) is 2.05. The van der Waals surface area contributed by atoms with Crippen LogP contribution in [0.5, 0.6) is 5.75 Å². The Morgan fingerprint density at radius 1 is 1.12 bits per heavy atom. The number of thiophene rings is 1. The first kappa shape index (κ1) is 22.5. The zero-order valence-corrected chi connectivity index (χ0v) is 19.3. The van der Waals surface area contributed by atoms with Gasteiger partial charge in [0.2, 0.25) is 10.0 Å². The normalized spacial score (nSPS) is 19.2. The number of carboxylic acid groups (broad SMARTS) is 1. The molecule has 1 N–H and O–H groups in total. The molecule has 0 fully saturated rings. The minimum Gasteiger partial charge on any atom is -0.497 e. The lowest BCUT2D eigenvalue weighted by Gasteiger charge is -2.31. The van der Waals surface area contributed by atoms with Crippen LogP contribution in [0.4, 0.5) is 0 Å². The highest BCUT2D eigenvalue weighted by Gasteiger charge is 2.44. The predicted molar refractivity (Wildman–Crippen MR) is 124 cm³/mol. The summed E-state index contributed by atoms with van der Waals surface area (Å²) in [6.07, 6.45) is 1.70. The Hall–Kier alpha value is -2.68. The molecule has 0 amide bonds. The maximum Gasteiger partial charge on any atom is 0.322 e. The summed E-state index contributed by atoms with van der Waals surface area (Å²) in [6, 6.07) is 16.7. The van der Waals surface area contributed by atoms with Gasteiger partial charge in [0.15, 0.2) is 0 Å². The van der Waals surface area contributed by atoms with Gasteiger partial charge in [-0.1, -0.05) is 30.3 Å². The van der Waals surface area contributed by atoms with Gasteiger partial charge in [-0.15, -0.1) is 11.3 Å². The minimum absolute atomic E-state index is 0.0663. The number of aliphatic carboxylic acids is 1. The maximum atomic E-state index is 13.6. The van der Waals surface area contributed by atoms with Gasteiger partial charge in [0.1, 0.15) is 11.8 Å². The first-order valence-corrected chi connectivity index (χ1v) is 12.7. The third-order valence-corrected chi connectivity index (χ3v) is 8.83. The van der Waals surface area contributed by atoms with E-state index in [4.69, 9.17) is 4.74 Å². The number of carbonyl (C=O) groups is 1. The molecule has 1 aliphatic rings. The Balaban J connectivity index is 1.72. The molecule has 8 heteroatoms. The molecular weight excluding hydrogens is 446 g/mol. The first-order valence-electron chi connectivity index (χ1n) is 10.4. The van der Waals surface area contributed by atoms with Crippen molar-refractivity contribution in [2.75, 3.05) is 13.7 Å². The van der Waals surface area contributed by atoms with E-state index in [0.29, 0.717) is 25.0 Å². The molecule has 0 radical (unpaired) electrons. The number of ether oxygens (including phenoxy) is 1. The highest BCUT2D eigenvalue weighted by atomic mass is 32.2. The van der Waals surface area contributed by atoms with Crippen molar-refractivity contribution < 1.29 is 23.1 Å². The Morgan fingerprint density at radius 3 is 2.50 bits per heavy atom. The van der Waals surface area contributed by atoms with Crippen molar-refractivity contribution in [1.82, 2.24) is 4.31 Å². The van der Waals surface area contributed by atoms with E-state index in [9.17, 15) is 18.3 Å². The molecule has 32 heavy (non-hydrogen) atoms.